The molecule has 0 aliphatic heterocycles. The Labute approximate surface area is 101 Å². The van der Waals surface area contributed by atoms with E-state index in [0.29, 0.717) is 0 Å². The molecular formula is C12H21NO4. The van der Waals surface area contributed by atoms with Gasteiger partial charge in [-0.05, 0) is 18.8 Å². The molecule has 1 saturated carbocycles. The highest BCUT2D eigenvalue weighted by Crippen LogP contribution is 2.18. The zero-order valence-corrected chi connectivity index (χ0v) is 10.2. The maximum Gasteiger partial charge on any atom is 0.303 e. The van der Waals surface area contributed by atoms with Gasteiger partial charge in [0.2, 0.25) is 5.91 Å². The second-order valence-electron chi connectivity index (χ2n) is 4.93. The Kier molecular flexibility index (Phi) is 5.41. The fraction of sp³-hybridized carbons (Fsp3) is 0.833. The topological polar surface area (TPSA) is 86.6 Å². The maximum absolute atomic E-state index is 11.6. The summed E-state index contributed by atoms with van der Waals surface area (Å²) in [7, 11) is 0. The minimum Gasteiger partial charge on any atom is -0.481 e. The molecule has 0 spiro atoms. The van der Waals surface area contributed by atoms with Gasteiger partial charge in [0.1, 0.15) is 0 Å². The molecule has 1 amide bonds. The molecule has 3 N–H and O–H groups in total. The summed E-state index contributed by atoms with van der Waals surface area (Å²) in [6.07, 6.45) is 3.31. The van der Waals surface area contributed by atoms with Gasteiger partial charge < -0.3 is 15.5 Å². The number of hydrogen-bond acceptors (Lipinski definition) is 3. The lowest BCUT2D eigenvalue weighted by molar-refractivity contribution is -0.138. The van der Waals surface area contributed by atoms with E-state index in [4.69, 9.17) is 5.11 Å². The third kappa shape index (κ3) is 5.17. The van der Waals surface area contributed by atoms with Gasteiger partial charge in [-0.1, -0.05) is 19.8 Å². The number of amides is 1. The molecule has 1 unspecified atom stereocenters. The molecule has 1 fully saturated rings. The number of aliphatic hydroxyl groups excluding tert-OH is 1. The third-order valence-corrected chi connectivity index (χ3v) is 3.13. The van der Waals surface area contributed by atoms with Crippen molar-refractivity contribution in [1.29, 1.82) is 0 Å². The molecule has 0 bridgehead atoms. The van der Waals surface area contributed by atoms with Crippen molar-refractivity contribution in [3.63, 3.8) is 0 Å². The zero-order chi connectivity index (χ0) is 12.8. The minimum atomic E-state index is -0.886. The number of carbonyl (C=O) groups excluding carboxylic acids is 1. The van der Waals surface area contributed by atoms with Gasteiger partial charge in [0.05, 0.1) is 12.1 Å². The average Bonchev–Trinajstić information content (AvgIpc) is 2.19. The lowest BCUT2D eigenvalue weighted by Crippen LogP contribution is -2.45. The largest absolute Gasteiger partial charge is 0.481 e. The summed E-state index contributed by atoms with van der Waals surface area (Å²) in [6, 6.07) is -0.159. The molecule has 17 heavy (non-hydrogen) atoms. The minimum absolute atomic E-state index is 0.000635. The summed E-state index contributed by atoms with van der Waals surface area (Å²) in [5, 5.41) is 21.1. The maximum atomic E-state index is 11.6. The molecular weight excluding hydrogens is 222 g/mol. The molecule has 0 radical (unpaired) electrons. The molecule has 1 rings (SSSR count). The summed E-state index contributed by atoms with van der Waals surface area (Å²) in [4.78, 5) is 22.1. The van der Waals surface area contributed by atoms with Crippen LogP contribution >= 0.6 is 0 Å². The van der Waals surface area contributed by atoms with Crippen LogP contribution in [0, 0.1) is 5.92 Å². The van der Waals surface area contributed by atoms with Crippen LogP contribution in [0.15, 0.2) is 0 Å². The fourth-order valence-corrected chi connectivity index (χ4v) is 2.23. The highest BCUT2D eigenvalue weighted by Gasteiger charge is 2.25. The van der Waals surface area contributed by atoms with Crippen molar-refractivity contribution in [2.24, 2.45) is 5.92 Å². The van der Waals surface area contributed by atoms with E-state index < -0.39 is 12.1 Å². The Morgan fingerprint density at radius 2 is 1.94 bits per heavy atom. The van der Waals surface area contributed by atoms with Crippen molar-refractivity contribution >= 4 is 11.9 Å². The van der Waals surface area contributed by atoms with E-state index in [1.807, 2.05) is 0 Å². The van der Waals surface area contributed by atoms with Crippen molar-refractivity contribution in [1.82, 2.24) is 5.32 Å². The predicted molar refractivity (Wildman–Crippen MR) is 62.4 cm³/mol. The van der Waals surface area contributed by atoms with Crippen molar-refractivity contribution in [2.45, 2.75) is 57.6 Å². The summed E-state index contributed by atoms with van der Waals surface area (Å²) in [6.45, 7) is 1.74. The van der Waals surface area contributed by atoms with Crippen LogP contribution in [-0.2, 0) is 9.59 Å². The number of carbonyl (C=O) groups is 2. The highest BCUT2D eigenvalue weighted by atomic mass is 16.4. The van der Waals surface area contributed by atoms with Crippen LogP contribution < -0.4 is 5.32 Å². The van der Waals surface area contributed by atoms with Gasteiger partial charge in [0.25, 0.3) is 0 Å². The van der Waals surface area contributed by atoms with Crippen LogP contribution in [0.3, 0.4) is 0 Å². The first-order valence-corrected chi connectivity index (χ1v) is 6.18. The first-order chi connectivity index (χ1) is 7.99. The standard InChI is InChI=1S/C12H21NO4/c1-8(7-12(16)17)6-11(15)13-9-4-2-3-5-10(9)14/h8-10,14H,2-7H2,1H3,(H,13,15)(H,16,17)/t8?,9-,10-/m0/s1. The van der Waals surface area contributed by atoms with E-state index in [1.54, 1.807) is 6.92 Å². The van der Waals surface area contributed by atoms with Gasteiger partial charge in [0.15, 0.2) is 0 Å². The molecule has 3 atom stereocenters. The van der Waals surface area contributed by atoms with E-state index in [-0.39, 0.29) is 30.7 Å². The molecule has 0 aromatic carbocycles. The Bertz CT molecular complexity index is 280. The van der Waals surface area contributed by atoms with E-state index >= 15 is 0 Å². The Balaban J connectivity index is 2.30. The number of nitrogens with one attached hydrogen (secondary N) is 1. The van der Waals surface area contributed by atoms with Gasteiger partial charge in [-0.3, -0.25) is 9.59 Å². The van der Waals surface area contributed by atoms with Crippen LogP contribution in [0.5, 0.6) is 0 Å². The quantitative estimate of drug-likeness (QED) is 0.669. The lowest BCUT2D eigenvalue weighted by Gasteiger charge is -2.28. The van der Waals surface area contributed by atoms with Gasteiger partial charge in [-0.2, -0.15) is 0 Å². The number of carboxylic acids is 1. The molecule has 1 aliphatic carbocycles. The van der Waals surface area contributed by atoms with Gasteiger partial charge in [0, 0.05) is 12.8 Å². The van der Waals surface area contributed by atoms with E-state index in [2.05, 4.69) is 5.32 Å². The fourth-order valence-electron chi connectivity index (χ4n) is 2.23. The molecule has 1 aliphatic rings. The monoisotopic (exact) mass is 243 g/mol. The van der Waals surface area contributed by atoms with Crippen LogP contribution in [0.1, 0.15) is 45.4 Å². The Morgan fingerprint density at radius 1 is 1.29 bits per heavy atom. The van der Waals surface area contributed by atoms with Gasteiger partial charge in [-0.25, -0.2) is 0 Å². The van der Waals surface area contributed by atoms with Gasteiger partial charge in [-0.15, -0.1) is 0 Å². The molecule has 0 heterocycles. The van der Waals surface area contributed by atoms with Crippen LogP contribution in [0.4, 0.5) is 0 Å². The molecule has 5 nitrogen and oxygen atoms in total. The van der Waals surface area contributed by atoms with E-state index in [1.165, 1.54) is 0 Å². The van der Waals surface area contributed by atoms with Crippen molar-refractivity contribution in [3.8, 4) is 0 Å². The molecule has 0 aromatic heterocycles. The molecule has 0 aromatic rings. The second kappa shape index (κ2) is 6.59. The van der Waals surface area contributed by atoms with Crippen LogP contribution in [0.25, 0.3) is 0 Å². The number of aliphatic carboxylic acids is 1. The average molecular weight is 243 g/mol. The number of aliphatic hydroxyl groups is 1. The van der Waals surface area contributed by atoms with Gasteiger partial charge >= 0.3 is 5.97 Å². The Morgan fingerprint density at radius 3 is 2.53 bits per heavy atom. The SMILES string of the molecule is CC(CC(=O)O)CC(=O)N[C@H]1CCCC[C@@H]1O. The van der Waals surface area contributed by atoms with Crippen molar-refractivity contribution in [2.75, 3.05) is 0 Å². The zero-order valence-electron chi connectivity index (χ0n) is 10.2. The summed E-state index contributed by atoms with van der Waals surface area (Å²) >= 11 is 0. The first kappa shape index (κ1) is 14.0. The second-order valence-corrected chi connectivity index (χ2v) is 4.93. The van der Waals surface area contributed by atoms with Crippen molar-refractivity contribution < 1.29 is 19.8 Å². The first-order valence-electron chi connectivity index (χ1n) is 6.18. The summed E-state index contributed by atoms with van der Waals surface area (Å²) in [5.74, 6) is -1.22. The van der Waals surface area contributed by atoms with E-state index in [9.17, 15) is 14.7 Å². The molecule has 0 saturated heterocycles. The molecule has 98 valence electrons. The number of hydrogen-bond donors (Lipinski definition) is 3. The van der Waals surface area contributed by atoms with Crippen LogP contribution in [-0.4, -0.2) is 34.2 Å². The lowest BCUT2D eigenvalue weighted by atomic mass is 9.92. The number of carboxylic acid groups (broad SMARTS) is 1. The molecule has 5 heteroatoms. The highest BCUT2D eigenvalue weighted by molar-refractivity contribution is 5.77. The predicted octanol–water partition coefficient (Wildman–Crippen LogP) is 0.907. The van der Waals surface area contributed by atoms with Crippen molar-refractivity contribution in [3.05, 3.63) is 0 Å². The smallest absolute Gasteiger partial charge is 0.303 e. The van der Waals surface area contributed by atoms with E-state index in [0.717, 1.165) is 25.7 Å². The summed E-state index contributed by atoms with van der Waals surface area (Å²) < 4.78 is 0. The number of rotatable bonds is 5. The summed E-state index contributed by atoms with van der Waals surface area (Å²) in [5.41, 5.74) is 0. The normalized spacial score (nSPS) is 26.2. The third-order valence-electron chi connectivity index (χ3n) is 3.13. The Hall–Kier alpha value is -1.10. The van der Waals surface area contributed by atoms with Crippen LogP contribution in [0.2, 0.25) is 0 Å².